The molecular formula is C20H18FN7. The van der Waals surface area contributed by atoms with Crippen molar-refractivity contribution in [2.45, 2.75) is 13.0 Å². The van der Waals surface area contributed by atoms with Crippen molar-refractivity contribution in [2.24, 2.45) is 5.73 Å². The number of benzene rings is 1. The molecule has 0 spiro atoms. The number of fused-ring (bicyclic) bond motifs is 2. The summed E-state index contributed by atoms with van der Waals surface area (Å²) in [5.74, 6) is 0.509. The second-order valence-electron chi connectivity index (χ2n) is 6.72. The molecule has 0 amide bonds. The molecular weight excluding hydrogens is 357 g/mol. The monoisotopic (exact) mass is 375 g/mol. The van der Waals surface area contributed by atoms with Crippen LogP contribution in [-0.4, -0.2) is 37.8 Å². The van der Waals surface area contributed by atoms with Crippen LogP contribution in [0.1, 0.15) is 5.56 Å². The second kappa shape index (κ2) is 6.65. The van der Waals surface area contributed by atoms with Crippen LogP contribution in [0.2, 0.25) is 0 Å². The molecule has 4 heterocycles. The summed E-state index contributed by atoms with van der Waals surface area (Å²) in [7, 11) is 0. The Kier molecular flexibility index (Phi) is 3.98. The molecule has 0 radical (unpaired) electrons. The lowest BCUT2D eigenvalue weighted by Gasteiger charge is -2.19. The van der Waals surface area contributed by atoms with E-state index in [1.165, 1.54) is 6.07 Å². The number of hydrogen-bond donors (Lipinski definition) is 1. The van der Waals surface area contributed by atoms with Gasteiger partial charge in [-0.05, 0) is 42.3 Å². The van der Waals surface area contributed by atoms with Gasteiger partial charge in [0, 0.05) is 30.5 Å². The van der Waals surface area contributed by atoms with E-state index in [4.69, 9.17) is 10.7 Å². The minimum atomic E-state index is -0.219. The maximum Gasteiger partial charge on any atom is 0.163 e. The smallest absolute Gasteiger partial charge is 0.163 e. The summed E-state index contributed by atoms with van der Waals surface area (Å²) in [6.45, 7) is 1.91. The highest BCUT2D eigenvalue weighted by atomic mass is 19.1. The molecule has 0 bridgehead atoms. The van der Waals surface area contributed by atoms with E-state index < -0.39 is 0 Å². The van der Waals surface area contributed by atoms with Crippen molar-refractivity contribution in [3.8, 4) is 11.3 Å². The first-order chi connectivity index (χ1) is 13.7. The molecule has 0 fully saturated rings. The van der Waals surface area contributed by atoms with Crippen LogP contribution < -0.4 is 10.6 Å². The van der Waals surface area contributed by atoms with E-state index in [2.05, 4.69) is 20.0 Å². The lowest BCUT2D eigenvalue weighted by Crippen LogP contribution is -2.16. The minimum absolute atomic E-state index is 0.219. The molecule has 1 aromatic carbocycles. The van der Waals surface area contributed by atoms with Gasteiger partial charge < -0.3 is 10.6 Å². The molecule has 1 aliphatic rings. The number of halogens is 1. The molecule has 5 rings (SSSR count). The van der Waals surface area contributed by atoms with Crippen LogP contribution in [0.15, 0.2) is 49.1 Å². The van der Waals surface area contributed by atoms with E-state index in [-0.39, 0.29) is 5.82 Å². The van der Waals surface area contributed by atoms with Crippen LogP contribution in [0.3, 0.4) is 0 Å². The maximum absolute atomic E-state index is 13.6. The zero-order valence-electron chi connectivity index (χ0n) is 15.1. The lowest BCUT2D eigenvalue weighted by molar-refractivity contribution is 0.625. The zero-order valence-corrected chi connectivity index (χ0v) is 15.1. The Bertz CT molecular complexity index is 1170. The fraction of sp³-hybridized carbons (Fsp3) is 0.200. The van der Waals surface area contributed by atoms with Crippen LogP contribution in [0.25, 0.3) is 22.3 Å². The first kappa shape index (κ1) is 16.8. The Labute approximate surface area is 160 Å². The third kappa shape index (κ3) is 2.78. The Hall–Kier alpha value is -3.39. The highest BCUT2D eigenvalue weighted by Crippen LogP contribution is 2.36. The highest BCUT2D eigenvalue weighted by molar-refractivity contribution is 5.90. The number of nitrogens with two attached hydrogens (primary N) is 1. The number of pyridine rings is 1. The number of hydrogen-bond acceptors (Lipinski definition) is 6. The quantitative estimate of drug-likeness (QED) is 0.590. The van der Waals surface area contributed by atoms with E-state index in [0.717, 1.165) is 46.8 Å². The van der Waals surface area contributed by atoms with Gasteiger partial charge >= 0.3 is 0 Å². The Morgan fingerprint density at radius 1 is 1.14 bits per heavy atom. The molecule has 3 aromatic heterocycles. The van der Waals surface area contributed by atoms with Crippen molar-refractivity contribution in [3.63, 3.8) is 0 Å². The van der Waals surface area contributed by atoms with Gasteiger partial charge in [-0.1, -0.05) is 0 Å². The Morgan fingerprint density at radius 3 is 2.96 bits per heavy atom. The second-order valence-corrected chi connectivity index (χ2v) is 6.72. The predicted molar refractivity (Wildman–Crippen MR) is 105 cm³/mol. The summed E-state index contributed by atoms with van der Waals surface area (Å²) in [6, 6.07) is 8.72. The van der Waals surface area contributed by atoms with Crippen LogP contribution in [0.4, 0.5) is 15.9 Å². The van der Waals surface area contributed by atoms with Crippen LogP contribution >= 0.6 is 0 Å². The van der Waals surface area contributed by atoms with Crippen LogP contribution in [-0.2, 0) is 13.0 Å². The van der Waals surface area contributed by atoms with Gasteiger partial charge in [-0.25, -0.2) is 19.3 Å². The molecule has 28 heavy (non-hydrogen) atoms. The fourth-order valence-electron chi connectivity index (χ4n) is 3.63. The van der Waals surface area contributed by atoms with Gasteiger partial charge in [0.1, 0.15) is 17.7 Å². The Balaban J connectivity index is 1.60. The third-order valence-corrected chi connectivity index (χ3v) is 4.94. The molecule has 8 heteroatoms. The van der Waals surface area contributed by atoms with Crippen LogP contribution in [0, 0.1) is 5.82 Å². The molecule has 4 aromatic rings. The molecule has 140 valence electrons. The number of aromatic nitrogens is 5. The normalized spacial score (nSPS) is 13.3. The largest absolute Gasteiger partial charge is 0.329 e. The summed E-state index contributed by atoms with van der Waals surface area (Å²) in [6.07, 6.45) is 6.02. The molecule has 7 nitrogen and oxygen atoms in total. The van der Waals surface area contributed by atoms with Gasteiger partial charge in [-0.15, -0.1) is 0 Å². The van der Waals surface area contributed by atoms with Crippen molar-refractivity contribution in [2.75, 3.05) is 18.0 Å². The van der Waals surface area contributed by atoms with Crippen molar-refractivity contribution in [1.82, 2.24) is 24.7 Å². The summed E-state index contributed by atoms with van der Waals surface area (Å²) in [5.41, 5.74) is 10.7. The predicted octanol–water partition coefficient (Wildman–Crippen LogP) is 2.68. The van der Waals surface area contributed by atoms with Gasteiger partial charge in [0.25, 0.3) is 0 Å². The van der Waals surface area contributed by atoms with Crippen molar-refractivity contribution >= 4 is 22.5 Å². The van der Waals surface area contributed by atoms with Gasteiger partial charge in [-0.2, -0.15) is 5.10 Å². The molecule has 0 saturated heterocycles. The van der Waals surface area contributed by atoms with Crippen molar-refractivity contribution in [3.05, 3.63) is 60.4 Å². The maximum atomic E-state index is 13.6. The average molecular weight is 375 g/mol. The van der Waals surface area contributed by atoms with Crippen LogP contribution in [0.5, 0.6) is 0 Å². The van der Waals surface area contributed by atoms with E-state index in [9.17, 15) is 4.39 Å². The van der Waals surface area contributed by atoms with Gasteiger partial charge in [-0.3, -0.25) is 4.68 Å². The zero-order chi connectivity index (χ0) is 19.1. The SMILES string of the molecule is NCCn1cc(-c2ccc3ncnc(N4CCc5cc(F)ccc54)c3n2)cn1. The van der Waals surface area contributed by atoms with E-state index in [1.807, 2.05) is 18.3 Å². The average Bonchev–Trinajstić information content (AvgIpc) is 3.34. The molecule has 0 unspecified atom stereocenters. The summed E-state index contributed by atoms with van der Waals surface area (Å²) >= 11 is 0. The van der Waals surface area contributed by atoms with Crippen molar-refractivity contribution in [1.29, 1.82) is 0 Å². The topological polar surface area (TPSA) is 85.8 Å². The van der Waals surface area contributed by atoms with Gasteiger partial charge in [0.05, 0.1) is 24.0 Å². The summed E-state index contributed by atoms with van der Waals surface area (Å²) in [4.78, 5) is 15.8. The standard InChI is InChI=1S/C20H18FN7/c21-15-1-4-18-13(9-15)5-7-28(18)20-19-17(23-12-24-20)3-2-16(26-19)14-10-25-27(11-14)8-6-22/h1-4,9-12H,5-8,22H2. The first-order valence-corrected chi connectivity index (χ1v) is 9.13. The number of anilines is 2. The van der Waals surface area contributed by atoms with E-state index >= 15 is 0 Å². The molecule has 2 N–H and O–H groups in total. The Morgan fingerprint density at radius 2 is 2.07 bits per heavy atom. The summed E-state index contributed by atoms with van der Waals surface area (Å²) < 4.78 is 15.4. The minimum Gasteiger partial charge on any atom is -0.329 e. The molecule has 0 atom stereocenters. The highest BCUT2D eigenvalue weighted by Gasteiger charge is 2.24. The summed E-state index contributed by atoms with van der Waals surface area (Å²) in [5, 5.41) is 4.32. The third-order valence-electron chi connectivity index (χ3n) is 4.94. The molecule has 0 saturated carbocycles. The van der Waals surface area contributed by atoms with E-state index in [0.29, 0.717) is 18.6 Å². The van der Waals surface area contributed by atoms with Gasteiger partial charge in [0.15, 0.2) is 5.82 Å². The van der Waals surface area contributed by atoms with Gasteiger partial charge in [0.2, 0.25) is 0 Å². The molecule has 0 aliphatic carbocycles. The number of nitrogens with zero attached hydrogens (tertiary/aromatic N) is 6. The number of rotatable bonds is 4. The fourth-order valence-corrected chi connectivity index (χ4v) is 3.63. The lowest BCUT2D eigenvalue weighted by atomic mass is 10.1. The molecule has 1 aliphatic heterocycles. The first-order valence-electron chi connectivity index (χ1n) is 9.13. The van der Waals surface area contributed by atoms with E-state index in [1.54, 1.807) is 29.3 Å². The van der Waals surface area contributed by atoms with Crippen molar-refractivity contribution < 1.29 is 4.39 Å².